The molecular weight excluding hydrogens is 343 g/mol. The van der Waals surface area contributed by atoms with Gasteiger partial charge in [0.05, 0.1) is 19.6 Å². The standard InChI is InChI=1S/C15H14F3N3O4/c1-9-5-6-19-11(8-9)20-14(13(23)24-2,15(16,17)18)21-12(22)10-4-3-7-25-10/h3-8H,1-2H3,(H,19,20)(H,21,22)/p+1/t14-/m1/s1. The maximum atomic E-state index is 13.8. The van der Waals surface area contributed by atoms with Crippen molar-refractivity contribution in [2.75, 3.05) is 12.4 Å². The molecule has 0 saturated heterocycles. The van der Waals surface area contributed by atoms with E-state index in [0.29, 0.717) is 5.56 Å². The van der Waals surface area contributed by atoms with Crippen LogP contribution in [0.25, 0.3) is 0 Å². The number of aromatic amines is 1. The molecule has 0 radical (unpaired) electrons. The molecule has 0 fully saturated rings. The number of aromatic nitrogens is 1. The number of nitrogens with one attached hydrogen (secondary N) is 3. The summed E-state index contributed by atoms with van der Waals surface area (Å²) in [7, 11) is 0.781. The van der Waals surface area contributed by atoms with Gasteiger partial charge in [-0.2, -0.15) is 13.2 Å². The van der Waals surface area contributed by atoms with Gasteiger partial charge in [-0.05, 0) is 30.7 Å². The molecule has 2 aromatic heterocycles. The lowest BCUT2D eigenvalue weighted by molar-refractivity contribution is -0.363. The average molecular weight is 358 g/mol. The first-order valence-electron chi connectivity index (χ1n) is 6.97. The van der Waals surface area contributed by atoms with Crippen LogP contribution in [0.4, 0.5) is 19.0 Å². The summed E-state index contributed by atoms with van der Waals surface area (Å²) in [6, 6.07) is 5.43. The molecule has 2 heterocycles. The zero-order valence-electron chi connectivity index (χ0n) is 13.2. The smallest absolute Gasteiger partial charge is 0.464 e. The van der Waals surface area contributed by atoms with E-state index in [1.54, 1.807) is 18.3 Å². The Bertz CT molecular complexity index is 762. The predicted octanol–water partition coefficient (Wildman–Crippen LogP) is 1.68. The SMILES string of the molecule is COC(=O)[C@](NC(=O)c1ccco1)(Nc1cc(C)cc[nH+]1)C(F)(F)F. The van der Waals surface area contributed by atoms with Crippen LogP contribution in [0.2, 0.25) is 0 Å². The summed E-state index contributed by atoms with van der Waals surface area (Å²) >= 11 is 0. The third-order valence-corrected chi connectivity index (χ3v) is 3.24. The molecule has 1 atom stereocenters. The Morgan fingerprint density at radius 3 is 2.52 bits per heavy atom. The number of H-pyrrole nitrogens is 1. The number of ether oxygens (including phenoxy) is 1. The second-order valence-corrected chi connectivity index (χ2v) is 5.08. The van der Waals surface area contributed by atoms with Gasteiger partial charge in [0.2, 0.25) is 0 Å². The molecule has 2 rings (SSSR count). The molecule has 0 unspecified atom stereocenters. The predicted molar refractivity (Wildman–Crippen MR) is 78.3 cm³/mol. The fourth-order valence-electron chi connectivity index (χ4n) is 2.04. The molecule has 0 aliphatic heterocycles. The number of rotatable bonds is 5. The quantitative estimate of drug-likeness (QED) is 0.626. The van der Waals surface area contributed by atoms with Crippen LogP contribution >= 0.6 is 0 Å². The van der Waals surface area contributed by atoms with E-state index in [9.17, 15) is 22.8 Å². The maximum absolute atomic E-state index is 13.8. The van der Waals surface area contributed by atoms with Gasteiger partial charge in [-0.25, -0.2) is 15.1 Å². The number of hydrogen-bond donors (Lipinski definition) is 2. The molecule has 1 amide bonds. The van der Waals surface area contributed by atoms with Crippen molar-refractivity contribution < 1.29 is 36.9 Å². The van der Waals surface area contributed by atoms with E-state index in [1.165, 1.54) is 18.3 Å². The molecule has 0 bridgehead atoms. The number of pyridine rings is 1. The summed E-state index contributed by atoms with van der Waals surface area (Å²) in [4.78, 5) is 26.6. The Morgan fingerprint density at radius 1 is 1.28 bits per heavy atom. The average Bonchev–Trinajstić information content (AvgIpc) is 3.06. The second-order valence-electron chi connectivity index (χ2n) is 5.08. The normalized spacial score (nSPS) is 13.6. The molecule has 0 aliphatic rings. The Kier molecular flexibility index (Phi) is 5.00. The van der Waals surface area contributed by atoms with Crippen LogP contribution in [0.15, 0.2) is 41.1 Å². The van der Waals surface area contributed by atoms with E-state index in [4.69, 9.17) is 4.42 Å². The number of alkyl halides is 3. The van der Waals surface area contributed by atoms with Crippen LogP contribution in [0.3, 0.4) is 0 Å². The van der Waals surface area contributed by atoms with Gasteiger partial charge in [-0.15, -0.1) is 0 Å². The van der Waals surface area contributed by atoms with Gasteiger partial charge in [-0.1, -0.05) is 0 Å². The highest BCUT2D eigenvalue weighted by molar-refractivity contribution is 5.97. The fraction of sp³-hybridized carbons (Fsp3) is 0.267. The highest BCUT2D eigenvalue weighted by Gasteiger charge is 2.68. The second kappa shape index (κ2) is 6.83. The van der Waals surface area contributed by atoms with E-state index in [0.717, 1.165) is 19.4 Å². The molecule has 0 aliphatic carbocycles. The molecule has 2 aromatic rings. The number of carbonyl (C=O) groups excluding carboxylic acids is 2. The lowest BCUT2D eigenvalue weighted by Gasteiger charge is -2.30. The van der Waals surface area contributed by atoms with E-state index in [-0.39, 0.29) is 5.82 Å². The molecule has 0 spiro atoms. The number of hydrogen-bond acceptors (Lipinski definition) is 5. The first-order chi connectivity index (χ1) is 11.7. The van der Waals surface area contributed by atoms with Gasteiger partial charge >= 0.3 is 17.8 Å². The van der Waals surface area contributed by atoms with Crippen molar-refractivity contribution in [3.05, 3.63) is 48.0 Å². The van der Waals surface area contributed by atoms with Crippen molar-refractivity contribution in [1.82, 2.24) is 5.32 Å². The first kappa shape index (κ1) is 18.3. The van der Waals surface area contributed by atoms with Crippen molar-refractivity contribution in [3.8, 4) is 0 Å². The minimum absolute atomic E-state index is 0.150. The zero-order chi connectivity index (χ0) is 18.7. The number of anilines is 1. The van der Waals surface area contributed by atoms with Crippen LogP contribution in [0.5, 0.6) is 0 Å². The molecule has 7 nitrogen and oxygen atoms in total. The molecule has 3 N–H and O–H groups in total. The van der Waals surface area contributed by atoms with Gasteiger partial charge in [0.1, 0.15) is 0 Å². The van der Waals surface area contributed by atoms with E-state index in [2.05, 4.69) is 9.72 Å². The van der Waals surface area contributed by atoms with Gasteiger partial charge in [0.15, 0.2) is 5.76 Å². The first-order valence-corrected chi connectivity index (χ1v) is 6.97. The van der Waals surface area contributed by atoms with Gasteiger partial charge in [0, 0.05) is 6.07 Å². The van der Waals surface area contributed by atoms with Crippen LogP contribution in [0.1, 0.15) is 16.1 Å². The molecule has 0 aromatic carbocycles. The summed E-state index contributed by atoms with van der Waals surface area (Å²) in [5, 5.41) is 3.62. The van der Waals surface area contributed by atoms with E-state index < -0.39 is 29.5 Å². The Morgan fingerprint density at radius 2 is 2.00 bits per heavy atom. The van der Waals surface area contributed by atoms with Crippen molar-refractivity contribution in [1.29, 1.82) is 0 Å². The van der Waals surface area contributed by atoms with Crippen molar-refractivity contribution >= 4 is 17.7 Å². The van der Waals surface area contributed by atoms with Crippen LogP contribution in [-0.2, 0) is 9.53 Å². The fourth-order valence-corrected chi connectivity index (χ4v) is 2.04. The summed E-state index contributed by atoms with van der Waals surface area (Å²) in [5.74, 6) is -3.53. The summed E-state index contributed by atoms with van der Waals surface area (Å²) in [6.07, 6.45) is -2.73. The highest BCUT2D eigenvalue weighted by atomic mass is 19.4. The number of halogens is 3. The van der Waals surface area contributed by atoms with Crippen molar-refractivity contribution in [2.45, 2.75) is 18.8 Å². The Labute approximate surface area is 140 Å². The van der Waals surface area contributed by atoms with Gasteiger partial charge in [0.25, 0.3) is 11.7 Å². The lowest BCUT2D eigenvalue weighted by atomic mass is 10.1. The van der Waals surface area contributed by atoms with Crippen molar-refractivity contribution in [2.24, 2.45) is 0 Å². The molecule has 0 saturated carbocycles. The maximum Gasteiger partial charge on any atom is 0.464 e. The Balaban J connectivity index is 2.48. The van der Waals surface area contributed by atoms with E-state index >= 15 is 0 Å². The van der Waals surface area contributed by atoms with Gasteiger partial charge in [-0.3, -0.25) is 10.1 Å². The summed E-state index contributed by atoms with van der Waals surface area (Å²) in [6.45, 7) is 1.65. The lowest BCUT2D eigenvalue weighted by Crippen LogP contribution is -2.69. The topological polar surface area (TPSA) is 94.7 Å². The Hall–Kier alpha value is -3.04. The molecule has 25 heavy (non-hydrogen) atoms. The minimum atomic E-state index is -5.22. The number of methoxy groups -OCH3 is 1. The van der Waals surface area contributed by atoms with E-state index in [1.807, 2.05) is 5.32 Å². The van der Waals surface area contributed by atoms with Crippen molar-refractivity contribution in [3.63, 3.8) is 0 Å². The summed E-state index contributed by atoms with van der Waals surface area (Å²) < 4.78 is 50.4. The van der Waals surface area contributed by atoms with Crippen LogP contribution in [-0.4, -0.2) is 30.8 Å². The highest BCUT2D eigenvalue weighted by Crippen LogP contribution is 2.32. The minimum Gasteiger partial charge on any atom is -0.464 e. The molecule has 10 heteroatoms. The van der Waals surface area contributed by atoms with Crippen LogP contribution < -0.4 is 15.6 Å². The summed E-state index contributed by atoms with van der Waals surface area (Å²) in [5.41, 5.74) is -2.89. The largest absolute Gasteiger partial charge is 0.464 e. The number of carbonyl (C=O) groups is 2. The number of furan rings is 1. The molecular formula is C15H15F3N3O4+. The monoisotopic (exact) mass is 358 g/mol. The zero-order valence-corrected chi connectivity index (χ0v) is 13.2. The number of aryl methyl sites for hydroxylation is 1. The third-order valence-electron chi connectivity index (χ3n) is 3.24. The number of esters is 1. The third kappa shape index (κ3) is 3.73. The van der Waals surface area contributed by atoms with Gasteiger partial charge < -0.3 is 9.15 Å². The van der Waals surface area contributed by atoms with Crippen LogP contribution in [0, 0.1) is 6.92 Å². The number of amides is 1. The molecule has 134 valence electrons.